The van der Waals surface area contributed by atoms with Crippen LogP contribution in [0.2, 0.25) is 0 Å². The third-order valence-corrected chi connectivity index (χ3v) is 9.66. The predicted molar refractivity (Wildman–Crippen MR) is 132 cm³/mol. The first-order chi connectivity index (χ1) is 15.6. The van der Waals surface area contributed by atoms with Crippen LogP contribution in [-0.2, 0) is 14.4 Å². The molecule has 3 heterocycles. The van der Waals surface area contributed by atoms with Crippen molar-refractivity contribution in [2.45, 2.75) is 68.0 Å². The zero-order chi connectivity index (χ0) is 24.6. The number of carbonyl (C=O) groups is 3. The lowest BCUT2D eigenvalue weighted by molar-refractivity contribution is -0.147. The Morgan fingerprint density at radius 3 is 2.52 bits per heavy atom. The monoisotopic (exact) mass is 477 g/mol. The van der Waals surface area contributed by atoms with Crippen LogP contribution in [0.25, 0.3) is 0 Å². The van der Waals surface area contributed by atoms with Crippen molar-refractivity contribution in [2.75, 3.05) is 33.3 Å². The zero-order valence-electron chi connectivity index (χ0n) is 20.5. The largest absolute Gasteiger partial charge is 0.394 e. The van der Waals surface area contributed by atoms with Crippen molar-refractivity contribution in [3.8, 4) is 0 Å². The number of nitrogens with zero attached hydrogens (tertiary/aromatic N) is 3. The van der Waals surface area contributed by atoms with Gasteiger partial charge in [-0.2, -0.15) is 0 Å². The quantitative estimate of drug-likeness (QED) is 0.462. The minimum atomic E-state index is -0.691. The smallest absolute Gasteiger partial charge is 0.247 e. The first kappa shape index (κ1) is 25.8. The van der Waals surface area contributed by atoms with E-state index in [0.717, 1.165) is 19.3 Å². The van der Waals surface area contributed by atoms with Gasteiger partial charge >= 0.3 is 0 Å². The van der Waals surface area contributed by atoms with Gasteiger partial charge in [-0.15, -0.1) is 24.9 Å². The second-order valence-electron chi connectivity index (χ2n) is 9.94. The summed E-state index contributed by atoms with van der Waals surface area (Å²) < 4.78 is -1.06. The van der Waals surface area contributed by atoms with Crippen LogP contribution in [0.5, 0.6) is 0 Å². The molecule has 3 aliphatic rings. The molecule has 3 saturated heterocycles. The van der Waals surface area contributed by atoms with Crippen LogP contribution in [0.15, 0.2) is 25.3 Å². The van der Waals surface area contributed by atoms with Gasteiger partial charge < -0.3 is 19.8 Å². The van der Waals surface area contributed by atoms with Gasteiger partial charge in [-0.1, -0.05) is 25.5 Å². The maximum Gasteiger partial charge on any atom is 0.247 e. The van der Waals surface area contributed by atoms with Crippen LogP contribution in [-0.4, -0.2) is 92.4 Å². The lowest BCUT2D eigenvalue weighted by Gasteiger charge is -2.39. The molecule has 0 aromatic carbocycles. The molecule has 1 spiro atoms. The van der Waals surface area contributed by atoms with Crippen LogP contribution >= 0.6 is 11.8 Å². The molecule has 1 N–H and O–H groups in total. The molecule has 3 aliphatic heterocycles. The summed E-state index contributed by atoms with van der Waals surface area (Å²) >= 11 is 1.66. The van der Waals surface area contributed by atoms with Crippen LogP contribution in [0, 0.1) is 11.8 Å². The molecule has 7 nitrogen and oxygen atoms in total. The van der Waals surface area contributed by atoms with E-state index in [2.05, 4.69) is 27.0 Å². The van der Waals surface area contributed by atoms with E-state index in [1.54, 1.807) is 52.6 Å². The Bertz CT molecular complexity index is 819. The van der Waals surface area contributed by atoms with E-state index < -0.39 is 33.4 Å². The lowest BCUT2D eigenvalue weighted by Crippen LogP contribution is -2.57. The van der Waals surface area contributed by atoms with Crippen LogP contribution < -0.4 is 0 Å². The fourth-order valence-electron chi connectivity index (χ4n) is 6.07. The molecule has 2 unspecified atom stereocenters. The summed E-state index contributed by atoms with van der Waals surface area (Å²) in [6.07, 6.45) is 6.71. The molecule has 3 amide bonds. The fraction of sp³-hybridized carbons (Fsp3) is 0.720. The highest BCUT2D eigenvalue weighted by Crippen LogP contribution is 2.71. The van der Waals surface area contributed by atoms with Gasteiger partial charge in [0.15, 0.2) is 0 Å². The Morgan fingerprint density at radius 1 is 1.27 bits per heavy atom. The number of unbranched alkanes of at least 4 members (excludes halogenated alkanes) is 1. The summed E-state index contributed by atoms with van der Waals surface area (Å²) in [6, 6.07) is -1.19. The summed E-state index contributed by atoms with van der Waals surface area (Å²) in [7, 11) is 1.74. The fourth-order valence-corrected chi connectivity index (χ4v) is 8.40. The van der Waals surface area contributed by atoms with Crippen LogP contribution in [0.4, 0.5) is 0 Å². The molecule has 0 aliphatic carbocycles. The molecule has 33 heavy (non-hydrogen) atoms. The molecule has 0 radical (unpaired) electrons. The van der Waals surface area contributed by atoms with Gasteiger partial charge in [0.2, 0.25) is 17.7 Å². The maximum atomic E-state index is 14.0. The Morgan fingerprint density at radius 2 is 1.94 bits per heavy atom. The zero-order valence-corrected chi connectivity index (χ0v) is 21.3. The average molecular weight is 478 g/mol. The van der Waals surface area contributed by atoms with E-state index in [4.69, 9.17) is 0 Å². The molecular weight excluding hydrogens is 438 g/mol. The minimum absolute atomic E-state index is 0.0662. The first-order valence-electron chi connectivity index (χ1n) is 12.0. The van der Waals surface area contributed by atoms with E-state index in [-0.39, 0.29) is 24.3 Å². The van der Waals surface area contributed by atoms with Gasteiger partial charge in [-0.25, -0.2) is 0 Å². The summed E-state index contributed by atoms with van der Waals surface area (Å²) in [5, 5.41) is 9.98. The van der Waals surface area contributed by atoms with E-state index in [0.29, 0.717) is 26.1 Å². The lowest BCUT2D eigenvalue weighted by atomic mass is 9.66. The number of thioether (sulfide) groups is 1. The van der Waals surface area contributed by atoms with E-state index in [1.807, 2.05) is 0 Å². The van der Waals surface area contributed by atoms with Crippen molar-refractivity contribution in [2.24, 2.45) is 11.8 Å². The maximum absolute atomic E-state index is 14.0. The summed E-state index contributed by atoms with van der Waals surface area (Å²) in [6.45, 7) is 14.7. The highest BCUT2D eigenvalue weighted by molar-refractivity contribution is 8.02. The van der Waals surface area contributed by atoms with Crippen LogP contribution in [0.3, 0.4) is 0 Å². The topological polar surface area (TPSA) is 81.2 Å². The van der Waals surface area contributed by atoms with Crippen molar-refractivity contribution in [1.29, 1.82) is 0 Å². The Balaban J connectivity index is 2.08. The SMILES string of the molecule is C=CCN(C)C(=O)[C@H]1[C@H]2C(=O)N([C@H](C)CO)C(C(=O)N(CC=C)CCCC)C23CC[C@]1(C)S3. The number of hydrogen-bond donors (Lipinski definition) is 1. The second-order valence-corrected chi connectivity index (χ2v) is 11.8. The van der Waals surface area contributed by atoms with Crippen molar-refractivity contribution in [3.63, 3.8) is 0 Å². The molecule has 184 valence electrons. The highest BCUT2D eigenvalue weighted by Gasteiger charge is 2.77. The van der Waals surface area contributed by atoms with Gasteiger partial charge in [-0.05, 0) is 33.1 Å². The number of likely N-dealkylation sites (N-methyl/N-ethyl adjacent to an activating group) is 1. The summed E-state index contributed by atoms with van der Waals surface area (Å²) in [4.78, 5) is 46.5. The third kappa shape index (κ3) is 4.03. The molecule has 6 atom stereocenters. The van der Waals surface area contributed by atoms with Gasteiger partial charge in [0.05, 0.1) is 29.2 Å². The average Bonchev–Trinajstić information content (AvgIpc) is 3.36. The highest BCUT2D eigenvalue weighted by atomic mass is 32.2. The number of carbonyl (C=O) groups excluding carboxylic acids is 3. The third-order valence-electron chi connectivity index (χ3n) is 7.68. The molecule has 0 saturated carbocycles. The number of aliphatic hydroxyl groups excluding tert-OH is 1. The normalized spacial score (nSPS) is 33.1. The molecule has 0 aromatic heterocycles. The number of rotatable bonds is 11. The molecular formula is C25H39N3O4S. The number of hydrogen-bond acceptors (Lipinski definition) is 5. The van der Waals surface area contributed by atoms with E-state index in [9.17, 15) is 19.5 Å². The Hall–Kier alpha value is -1.80. The Labute approximate surface area is 202 Å². The first-order valence-corrected chi connectivity index (χ1v) is 12.8. The van der Waals surface area contributed by atoms with Crippen molar-refractivity contribution in [3.05, 3.63) is 25.3 Å². The summed E-state index contributed by atoms with van der Waals surface area (Å²) in [5.74, 6) is -1.40. The van der Waals surface area contributed by atoms with Gasteiger partial charge in [0.25, 0.3) is 0 Å². The Kier molecular flexibility index (Phi) is 7.68. The second kappa shape index (κ2) is 9.82. The van der Waals surface area contributed by atoms with Gasteiger partial charge in [-0.3, -0.25) is 14.4 Å². The van der Waals surface area contributed by atoms with Crippen LogP contribution in [0.1, 0.15) is 46.5 Å². The standard InChI is InChI=1S/C25H39N3O4S/c1-7-10-15-27(14-9-3)23(32)20-25-12-11-24(5,33-25)18(21(30)26(6)13-8-2)19(25)22(31)28(20)17(4)16-29/h8-9,17-20,29H,2-3,7,10-16H2,1,4-6H3/t17-,18-,19+,20?,24+,25?/m1/s1. The number of likely N-dealkylation sites (tertiary alicyclic amines) is 1. The number of amides is 3. The molecule has 3 rings (SSSR count). The van der Waals surface area contributed by atoms with E-state index in [1.165, 1.54) is 0 Å². The number of fused-ring (bicyclic) bond motifs is 1. The van der Waals surface area contributed by atoms with Crippen molar-refractivity contribution >= 4 is 29.5 Å². The number of aliphatic hydroxyl groups is 1. The van der Waals surface area contributed by atoms with Gasteiger partial charge in [0, 0.05) is 31.4 Å². The van der Waals surface area contributed by atoms with E-state index >= 15 is 0 Å². The predicted octanol–water partition coefficient (Wildman–Crippen LogP) is 2.31. The molecule has 3 fully saturated rings. The molecule has 8 heteroatoms. The minimum Gasteiger partial charge on any atom is -0.394 e. The van der Waals surface area contributed by atoms with Crippen molar-refractivity contribution in [1.82, 2.24) is 14.7 Å². The van der Waals surface area contributed by atoms with Crippen molar-refractivity contribution < 1.29 is 19.5 Å². The molecule has 0 aromatic rings. The molecule has 2 bridgehead atoms. The summed E-state index contributed by atoms with van der Waals surface area (Å²) in [5.41, 5.74) is 0. The van der Waals surface area contributed by atoms with Gasteiger partial charge in [0.1, 0.15) is 6.04 Å².